The van der Waals surface area contributed by atoms with Gasteiger partial charge >= 0.3 is 0 Å². The Morgan fingerprint density at radius 1 is 1.50 bits per heavy atom. The molecule has 18 heavy (non-hydrogen) atoms. The van der Waals surface area contributed by atoms with Crippen molar-refractivity contribution >= 4 is 17.1 Å². The molecule has 0 spiro atoms. The molecule has 0 aliphatic rings. The van der Waals surface area contributed by atoms with E-state index in [1.807, 2.05) is 0 Å². The molecular formula is C10H12N6O2. The molecule has 0 radical (unpaired) electrons. The standard InChI is InChI=1S/C10H12N6O2/c11-8-5-7(1-2-9(8)16(17)18)12-4-3-10-13-6-14-15-10/h1-2,5-6,12H,3-4,11H2,(H,13,14,15). The molecule has 4 N–H and O–H groups in total. The Morgan fingerprint density at radius 2 is 2.33 bits per heavy atom. The Morgan fingerprint density at radius 3 is 2.94 bits per heavy atom. The number of nitrogens with one attached hydrogen (secondary N) is 2. The summed E-state index contributed by atoms with van der Waals surface area (Å²) in [6.07, 6.45) is 2.12. The number of hydrogen-bond acceptors (Lipinski definition) is 6. The van der Waals surface area contributed by atoms with Crippen molar-refractivity contribution in [1.29, 1.82) is 0 Å². The Balaban J connectivity index is 1.94. The summed E-state index contributed by atoms with van der Waals surface area (Å²) in [5.74, 6) is 0.775. The van der Waals surface area contributed by atoms with Crippen molar-refractivity contribution in [2.24, 2.45) is 0 Å². The minimum Gasteiger partial charge on any atom is -0.393 e. The van der Waals surface area contributed by atoms with Crippen LogP contribution in [0.15, 0.2) is 24.5 Å². The maximum atomic E-state index is 10.6. The molecule has 0 amide bonds. The fourth-order valence-corrected chi connectivity index (χ4v) is 1.51. The summed E-state index contributed by atoms with van der Waals surface area (Å²) in [5, 5.41) is 20.2. The van der Waals surface area contributed by atoms with Crippen molar-refractivity contribution in [2.45, 2.75) is 6.42 Å². The van der Waals surface area contributed by atoms with Crippen LogP contribution >= 0.6 is 0 Å². The zero-order valence-electron chi connectivity index (χ0n) is 9.46. The molecular weight excluding hydrogens is 236 g/mol. The van der Waals surface area contributed by atoms with Crippen molar-refractivity contribution in [3.63, 3.8) is 0 Å². The van der Waals surface area contributed by atoms with Gasteiger partial charge in [0.2, 0.25) is 0 Å². The van der Waals surface area contributed by atoms with Gasteiger partial charge < -0.3 is 11.1 Å². The SMILES string of the molecule is Nc1cc(NCCc2ncn[nH]2)ccc1[N+](=O)[O-]. The number of hydrogen-bond donors (Lipinski definition) is 3. The first kappa shape index (κ1) is 11.8. The average molecular weight is 248 g/mol. The summed E-state index contributed by atoms with van der Waals surface area (Å²) >= 11 is 0. The van der Waals surface area contributed by atoms with Crippen LogP contribution in [0, 0.1) is 10.1 Å². The van der Waals surface area contributed by atoms with Crippen molar-refractivity contribution in [2.75, 3.05) is 17.6 Å². The van der Waals surface area contributed by atoms with Crippen molar-refractivity contribution < 1.29 is 4.92 Å². The lowest BCUT2D eigenvalue weighted by Gasteiger charge is -2.06. The number of benzene rings is 1. The molecule has 0 atom stereocenters. The number of nitrogens with two attached hydrogens (primary N) is 1. The minimum atomic E-state index is -0.506. The first-order valence-electron chi connectivity index (χ1n) is 5.29. The van der Waals surface area contributed by atoms with Gasteiger partial charge in [0.05, 0.1) is 4.92 Å². The highest BCUT2D eigenvalue weighted by atomic mass is 16.6. The quantitative estimate of drug-likeness (QED) is 0.411. The van der Waals surface area contributed by atoms with Crippen LogP contribution in [0.3, 0.4) is 0 Å². The third-order valence-corrected chi connectivity index (χ3v) is 2.38. The Kier molecular flexibility index (Phi) is 3.37. The van der Waals surface area contributed by atoms with E-state index >= 15 is 0 Å². The molecule has 1 heterocycles. The number of rotatable bonds is 5. The lowest BCUT2D eigenvalue weighted by Crippen LogP contribution is -2.06. The van der Waals surface area contributed by atoms with E-state index < -0.39 is 4.92 Å². The van der Waals surface area contributed by atoms with Gasteiger partial charge in [0.15, 0.2) is 0 Å². The monoisotopic (exact) mass is 248 g/mol. The van der Waals surface area contributed by atoms with Crippen LogP contribution in [0.2, 0.25) is 0 Å². The summed E-state index contributed by atoms with van der Waals surface area (Å²) in [7, 11) is 0. The van der Waals surface area contributed by atoms with Crippen LogP contribution < -0.4 is 11.1 Å². The Hall–Kier alpha value is -2.64. The molecule has 0 bridgehead atoms. The lowest BCUT2D eigenvalue weighted by atomic mass is 10.2. The average Bonchev–Trinajstić information content (AvgIpc) is 2.81. The zero-order valence-corrected chi connectivity index (χ0v) is 9.46. The number of nitro groups is 1. The van der Waals surface area contributed by atoms with E-state index in [1.54, 1.807) is 12.1 Å². The van der Waals surface area contributed by atoms with Gasteiger partial charge in [0.1, 0.15) is 17.8 Å². The van der Waals surface area contributed by atoms with Gasteiger partial charge in [-0.1, -0.05) is 0 Å². The van der Waals surface area contributed by atoms with Gasteiger partial charge in [-0.2, -0.15) is 5.10 Å². The predicted molar refractivity (Wildman–Crippen MR) is 66.1 cm³/mol. The van der Waals surface area contributed by atoms with Crippen molar-refractivity contribution in [1.82, 2.24) is 15.2 Å². The summed E-state index contributed by atoms with van der Waals surface area (Å²) in [5.41, 5.74) is 6.37. The van der Waals surface area contributed by atoms with Crippen LogP contribution in [-0.4, -0.2) is 26.6 Å². The number of anilines is 2. The van der Waals surface area contributed by atoms with E-state index in [2.05, 4.69) is 20.5 Å². The first-order chi connectivity index (χ1) is 8.66. The maximum Gasteiger partial charge on any atom is 0.292 e. The molecule has 2 rings (SSSR count). The maximum absolute atomic E-state index is 10.6. The number of nitro benzene ring substituents is 1. The molecule has 0 unspecified atom stereocenters. The van der Waals surface area contributed by atoms with Gasteiger partial charge in [-0.25, -0.2) is 4.98 Å². The van der Waals surface area contributed by atoms with Crippen LogP contribution in [0.4, 0.5) is 17.1 Å². The lowest BCUT2D eigenvalue weighted by molar-refractivity contribution is -0.383. The molecule has 94 valence electrons. The number of H-pyrrole nitrogens is 1. The molecule has 1 aromatic heterocycles. The fraction of sp³-hybridized carbons (Fsp3) is 0.200. The molecule has 0 fully saturated rings. The number of nitrogen functional groups attached to an aromatic ring is 1. The van der Waals surface area contributed by atoms with E-state index in [0.29, 0.717) is 13.0 Å². The highest BCUT2D eigenvalue weighted by Crippen LogP contribution is 2.24. The van der Waals surface area contributed by atoms with Gasteiger partial charge in [0.25, 0.3) is 5.69 Å². The molecule has 2 aromatic rings. The predicted octanol–water partition coefficient (Wildman–Crippen LogP) is 0.950. The molecule has 0 saturated heterocycles. The summed E-state index contributed by atoms with van der Waals surface area (Å²) in [6.45, 7) is 0.631. The van der Waals surface area contributed by atoms with E-state index in [9.17, 15) is 10.1 Å². The van der Waals surface area contributed by atoms with Crippen LogP contribution in [0.1, 0.15) is 5.82 Å². The fourth-order valence-electron chi connectivity index (χ4n) is 1.51. The molecule has 8 heteroatoms. The molecule has 1 aromatic carbocycles. The topological polar surface area (TPSA) is 123 Å². The summed E-state index contributed by atoms with van der Waals surface area (Å²) < 4.78 is 0. The minimum absolute atomic E-state index is 0.0872. The van der Waals surface area contributed by atoms with E-state index in [-0.39, 0.29) is 11.4 Å². The van der Waals surface area contributed by atoms with E-state index in [0.717, 1.165) is 11.5 Å². The number of aromatic amines is 1. The van der Waals surface area contributed by atoms with Crippen LogP contribution in [0.5, 0.6) is 0 Å². The Bertz CT molecular complexity index is 539. The van der Waals surface area contributed by atoms with Crippen molar-refractivity contribution in [3.05, 3.63) is 40.5 Å². The smallest absolute Gasteiger partial charge is 0.292 e. The van der Waals surface area contributed by atoms with E-state index in [1.165, 1.54) is 12.4 Å². The third kappa shape index (κ3) is 2.73. The molecule has 0 saturated carbocycles. The third-order valence-electron chi connectivity index (χ3n) is 2.38. The highest BCUT2D eigenvalue weighted by Gasteiger charge is 2.10. The first-order valence-corrected chi connectivity index (χ1v) is 5.29. The molecule has 0 aliphatic heterocycles. The zero-order chi connectivity index (χ0) is 13.0. The largest absolute Gasteiger partial charge is 0.393 e. The Labute approximate surface area is 102 Å². The van der Waals surface area contributed by atoms with Gasteiger partial charge in [0, 0.05) is 24.7 Å². The van der Waals surface area contributed by atoms with Gasteiger partial charge in [-0.05, 0) is 12.1 Å². The molecule has 8 nitrogen and oxygen atoms in total. The van der Waals surface area contributed by atoms with Gasteiger partial charge in [-0.15, -0.1) is 0 Å². The second-order valence-electron chi connectivity index (χ2n) is 3.64. The van der Waals surface area contributed by atoms with Crippen LogP contribution in [0.25, 0.3) is 0 Å². The van der Waals surface area contributed by atoms with Crippen molar-refractivity contribution in [3.8, 4) is 0 Å². The van der Waals surface area contributed by atoms with Crippen LogP contribution in [-0.2, 0) is 6.42 Å². The second-order valence-corrected chi connectivity index (χ2v) is 3.64. The normalized spacial score (nSPS) is 10.2. The van der Waals surface area contributed by atoms with Gasteiger partial charge in [-0.3, -0.25) is 15.2 Å². The molecule has 0 aliphatic carbocycles. The second kappa shape index (κ2) is 5.13. The highest BCUT2D eigenvalue weighted by molar-refractivity contribution is 5.65. The summed E-state index contributed by atoms with van der Waals surface area (Å²) in [4.78, 5) is 14.1. The number of aromatic nitrogens is 3. The number of nitrogens with zero attached hydrogens (tertiary/aromatic N) is 3. The van der Waals surface area contributed by atoms with E-state index in [4.69, 9.17) is 5.73 Å². The summed E-state index contributed by atoms with van der Waals surface area (Å²) in [6, 6.07) is 4.54.